The Hall–Kier alpha value is -2.86. The minimum absolute atomic E-state index is 0.267. The fourth-order valence-corrected chi connectivity index (χ4v) is 2.13. The van der Waals surface area contributed by atoms with Crippen LogP contribution in [0.4, 0.5) is 16.2 Å². The molecule has 0 aliphatic heterocycles. The summed E-state index contributed by atoms with van der Waals surface area (Å²) in [6.45, 7) is 2.48. The Balaban J connectivity index is 2.07. The topological polar surface area (TPSA) is 76.7 Å². The zero-order valence-electron chi connectivity index (χ0n) is 13.7. The Kier molecular flexibility index (Phi) is 6.33. The number of hydrogen-bond donors (Lipinski definition) is 2. The molecule has 0 unspecified atom stereocenters. The van der Waals surface area contributed by atoms with Crippen LogP contribution in [0.15, 0.2) is 48.5 Å². The van der Waals surface area contributed by atoms with Crippen LogP contribution in [0.3, 0.4) is 0 Å². The zero-order valence-corrected chi connectivity index (χ0v) is 13.7. The summed E-state index contributed by atoms with van der Waals surface area (Å²) in [6, 6.07) is 14.1. The Morgan fingerprint density at radius 3 is 2.42 bits per heavy atom. The highest BCUT2D eigenvalue weighted by Crippen LogP contribution is 2.15. The molecule has 0 fully saturated rings. The second-order valence-electron chi connectivity index (χ2n) is 5.01. The Bertz CT molecular complexity index is 716. The van der Waals surface area contributed by atoms with E-state index in [1.807, 2.05) is 18.2 Å². The summed E-state index contributed by atoms with van der Waals surface area (Å²) in [7, 11) is 1.62. The second-order valence-corrected chi connectivity index (χ2v) is 5.01. The van der Waals surface area contributed by atoms with Crippen molar-refractivity contribution in [1.29, 1.82) is 0 Å². The van der Waals surface area contributed by atoms with Crippen molar-refractivity contribution in [2.45, 2.75) is 13.5 Å². The quantitative estimate of drug-likeness (QED) is 0.848. The van der Waals surface area contributed by atoms with Crippen molar-refractivity contribution in [2.75, 3.05) is 24.4 Å². The molecule has 2 amide bonds. The van der Waals surface area contributed by atoms with Crippen LogP contribution in [-0.2, 0) is 16.1 Å². The van der Waals surface area contributed by atoms with E-state index in [-0.39, 0.29) is 12.5 Å². The van der Waals surface area contributed by atoms with Crippen molar-refractivity contribution in [3.8, 4) is 0 Å². The van der Waals surface area contributed by atoms with Crippen LogP contribution in [-0.4, -0.2) is 25.7 Å². The maximum absolute atomic E-state index is 12.4. The second kappa shape index (κ2) is 8.69. The van der Waals surface area contributed by atoms with Gasteiger partial charge in [-0.25, -0.2) is 4.79 Å². The van der Waals surface area contributed by atoms with Crippen LogP contribution in [0.1, 0.15) is 22.8 Å². The van der Waals surface area contributed by atoms with Gasteiger partial charge < -0.3 is 14.8 Å². The molecule has 0 aliphatic rings. The predicted octanol–water partition coefficient (Wildman–Crippen LogP) is 3.65. The highest BCUT2D eigenvalue weighted by atomic mass is 16.5. The van der Waals surface area contributed by atoms with E-state index in [1.165, 1.54) is 0 Å². The largest absolute Gasteiger partial charge is 0.450 e. The van der Waals surface area contributed by atoms with E-state index in [4.69, 9.17) is 9.47 Å². The van der Waals surface area contributed by atoms with Gasteiger partial charge in [-0.3, -0.25) is 10.1 Å². The van der Waals surface area contributed by atoms with Crippen LogP contribution in [0.5, 0.6) is 0 Å². The number of nitrogens with one attached hydrogen (secondary N) is 2. The van der Waals surface area contributed by atoms with Gasteiger partial charge in [0.2, 0.25) is 0 Å². The summed E-state index contributed by atoms with van der Waals surface area (Å²) < 4.78 is 9.90. The van der Waals surface area contributed by atoms with Gasteiger partial charge in [-0.2, -0.15) is 0 Å². The number of methoxy groups -OCH3 is 1. The molecule has 0 saturated heterocycles. The Morgan fingerprint density at radius 2 is 1.71 bits per heavy atom. The van der Waals surface area contributed by atoms with E-state index in [9.17, 15) is 9.59 Å². The first-order valence-corrected chi connectivity index (χ1v) is 7.55. The highest BCUT2D eigenvalue weighted by Gasteiger charge is 2.09. The Labute approximate surface area is 140 Å². The van der Waals surface area contributed by atoms with Gasteiger partial charge >= 0.3 is 6.09 Å². The molecule has 2 rings (SSSR count). The standard InChI is InChI=1S/C18H20N2O4/c1-3-24-18(22)20-16-9-5-7-14(11-16)17(21)19-15-8-4-6-13(10-15)12-23-2/h4-11H,3,12H2,1-2H3,(H,19,21)(H,20,22). The lowest BCUT2D eigenvalue weighted by Gasteiger charge is -2.09. The van der Waals surface area contributed by atoms with Gasteiger partial charge in [0.05, 0.1) is 13.2 Å². The van der Waals surface area contributed by atoms with Gasteiger partial charge in [-0.15, -0.1) is 0 Å². The smallest absolute Gasteiger partial charge is 0.411 e. The normalized spacial score (nSPS) is 10.1. The van der Waals surface area contributed by atoms with E-state index in [0.29, 0.717) is 23.5 Å². The molecular weight excluding hydrogens is 308 g/mol. The number of carbonyl (C=O) groups excluding carboxylic acids is 2. The summed E-state index contributed by atoms with van der Waals surface area (Å²) in [6.07, 6.45) is -0.553. The summed E-state index contributed by atoms with van der Waals surface area (Å²) in [5.41, 5.74) is 2.57. The minimum atomic E-state index is -0.553. The molecular formula is C18H20N2O4. The lowest BCUT2D eigenvalue weighted by atomic mass is 10.1. The summed E-state index contributed by atoms with van der Waals surface area (Å²) in [5, 5.41) is 5.39. The molecule has 0 spiro atoms. The first kappa shape index (κ1) is 17.5. The number of hydrogen-bond acceptors (Lipinski definition) is 4. The van der Waals surface area contributed by atoms with E-state index in [0.717, 1.165) is 5.56 Å². The van der Waals surface area contributed by atoms with Crippen molar-refractivity contribution >= 4 is 23.4 Å². The number of anilines is 2. The summed E-state index contributed by atoms with van der Waals surface area (Å²) >= 11 is 0. The molecule has 2 N–H and O–H groups in total. The molecule has 2 aromatic rings. The number of rotatable bonds is 6. The van der Waals surface area contributed by atoms with E-state index in [1.54, 1.807) is 44.4 Å². The van der Waals surface area contributed by atoms with Gasteiger partial charge in [-0.05, 0) is 42.8 Å². The minimum Gasteiger partial charge on any atom is -0.450 e. The lowest BCUT2D eigenvalue weighted by Crippen LogP contribution is -2.15. The fourth-order valence-electron chi connectivity index (χ4n) is 2.13. The van der Waals surface area contributed by atoms with E-state index < -0.39 is 6.09 Å². The fraction of sp³-hybridized carbons (Fsp3) is 0.222. The van der Waals surface area contributed by atoms with Crippen LogP contribution < -0.4 is 10.6 Å². The monoisotopic (exact) mass is 328 g/mol. The third kappa shape index (κ3) is 5.10. The number of benzene rings is 2. The van der Waals surface area contributed by atoms with Gasteiger partial charge in [0, 0.05) is 24.0 Å². The first-order chi connectivity index (χ1) is 11.6. The zero-order chi connectivity index (χ0) is 17.4. The lowest BCUT2D eigenvalue weighted by molar-refractivity contribution is 0.102. The number of ether oxygens (including phenoxy) is 2. The molecule has 2 aromatic carbocycles. The van der Waals surface area contributed by atoms with Crippen molar-refractivity contribution in [3.05, 3.63) is 59.7 Å². The molecule has 0 atom stereocenters. The van der Waals surface area contributed by atoms with E-state index >= 15 is 0 Å². The van der Waals surface area contributed by atoms with Crippen LogP contribution in [0.25, 0.3) is 0 Å². The van der Waals surface area contributed by atoms with Gasteiger partial charge in [0.1, 0.15) is 0 Å². The third-order valence-corrected chi connectivity index (χ3v) is 3.14. The summed E-state index contributed by atoms with van der Waals surface area (Å²) in [5.74, 6) is -0.267. The maximum atomic E-state index is 12.4. The first-order valence-electron chi connectivity index (χ1n) is 7.55. The van der Waals surface area contributed by atoms with Gasteiger partial charge in [-0.1, -0.05) is 18.2 Å². The van der Waals surface area contributed by atoms with Crippen molar-refractivity contribution in [3.63, 3.8) is 0 Å². The molecule has 0 bridgehead atoms. The number of carbonyl (C=O) groups is 2. The van der Waals surface area contributed by atoms with Crippen molar-refractivity contribution in [1.82, 2.24) is 0 Å². The van der Waals surface area contributed by atoms with Gasteiger partial charge in [0.25, 0.3) is 5.91 Å². The highest BCUT2D eigenvalue weighted by molar-refractivity contribution is 6.05. The molecule has 0 saturated carbocycles. The van der Waals surface area contributed by atoms with Crippen LogP contribution in [0.2, 0.25) is 0 Å². The van der Waals surface area contributed by atoms with Gasteiger partial charge in [0.15, 0.2) is 0 Å². The molecule has 0 aromatic heterocycles. The van der Waals surface area contributed by atoms with Crippen LogP contribution >= 0.6 is 0 Å². The SMILES string of the molecule is CCOC(=O)Nc1cccc(C(=O)Nc2cccc(COC)c2)c1. The third-order valence-electron chi connectivity index (χ3n) is 3.14. The summed E-state index contributed by atoms with van der Waals surface area (Å²) in [4.78, 5) is 23.8. The number of amides is 2. The van der Waals surface area contributed by atoms with E-state index in [2.05, 4.69) is 10.6 Å². The van der Waals surface area contributed by atoms with Crippen molar-refractivity contribution < 1.29 is 19.1 Å². The Morgan fingerprint density at radius 1 is 1.00 bits per heavy atom. The molecule has 6 nitrogen and oxygen atoms in total. The molecule has 0 aliphatic carbocycles. The molecule has 0 heterocycles. The van der Waals surface area contributed by atoms with Crippen LogP contribution in [0, 0.1) is 0 Å². The average Bonchev–Trinajstić information content (AvgIpc) is 2.56. The van der Waals surface area contributed by atoms with Crippen molar-refractivity contribution in [2.24, 2.45) is 0 Å². The molecule has 0 radical (unpaired) electrons. The predicted molar refractivity (Wildman–Crippen MR) is 92.2 cm³/mol. The average molecular weight is 328 g/mol. The molecule has 6 heteroatoms. The maximum Gasteiger partial charge on any atom is 0.411 e. The molecule has 24 heavy (non-hydrogen) atoms. The molecule has 126 valence electrons.